The largest absolute Gasteiger partial charge is 0.370 e. The average molecular weight is 239 g/mol. The minimum absolute atomic E-state index is 0.228. The van der Waals surface area contributed by atoms with E-state index in [4.69, 9.17) is 5.73 Å². The Bertz CT molecular complexity index is 359. The third-order valence-corrected chi connectivity index (χ3v) is 3.28. The Morgan fingerprint density at radius 3 is 3.06 bits per heavy atom. The number of rotatable bonds is 4. The Morgan fingerprint density at radius 1 is 1.62 bits per heavy atom. The molecule has 1 unspecified atom stereocenters. The number of hydrogen-bond acceptors (Lipinski definition) is 6. The maximum Gasteiger partial charge on any atom is 0.192 e. The summed E-state index contributed by atoms with van der Waals surface area (Å²) in [5.41, 5.74) is 8.83. The van der Waals surface area contributed by atoms with E-state index < -0.39 is 0 Å². The first-order valence-corrected chi connectivity index (χ1v) is 6.22. The number of hydrogen-bond donors (Lipinski definition) is 1. The van der Waals surface area contributed by atoms with Crippen molar-refractivity contribution in [3.63, 3.8) is 0 Å². The van der Waals surface area contributed by atoms with Crippen molar-refractivity contribution >= 4 is 17.3 Å². The summed E-state index contributed by atoms with van der Waals surface area (Å²) in [6, 6.07) is 0.228. The Kier molecular flexibility index (Phi) is 3.40. The van der Waals surface area contributed by atoms with Gasteiger partial charge in [-0.1, -0.05) is 0 Å². The lowest BCUT2D eigenvalue weighted by atomic mass is 10.2. The molecule has 0 aromatic carbocycles. The van der Waals surface area contributed by atoms with Gasteiger partial charge in [-0.3, -0.25) is 4.99 Å². The first kappa shape index (κ1) is 11.3. The smallest absolute Gasteiger partial charge is 0.192 e. The second-order valence-electron chi connectivity index (χ2n) is 4.12. The average Bonchev–Trinajstić information content (AvgIpc) is 2.83. The molecule has 0 amide bonds. The van der Waals surface area contributed by atoms with Crippen LogP contribution in [0, 0.1) is 0 Å². The molecule has 0 radical (unpaired) electrons. The van der Waals surface area contributed by atoms with Crippen LogP contribution in [-0.2, 0) is 0 Å². The molecule has 88 valence electrons. The van der Waals surface area contributed by atoms with Crippen molar-refractivity contribution in [2.24, 2.45) is 10.7 Å². The van der Waals surface area contributed by atoms with E-state index >= 15 is 0 Å². The van der Waals surface area contributed by atoms with Crippen LogP contribution in [0.1, 0.15) is 11.7 Å². The quantitative estimate of drug-likeness (QED) is 0.825. The molecule has 2 heterocycles. The SMILES string of the molecule is CN(C)CCN1C(N)=NCC1c1cscn1. The molecule has 1 atom stereocenters. The summed E-state index contributed by atoms with van der Waals surface area (Å²) >= 11 is 1.61. The summed E-state index contributed by atoms with van der Waals surface area (Å²) in [7, 11) is 4.11. The summed E-state index contributed by atoms with van der Waals surface area (Å²) < 4.78 is 0. The van der Waals surface area contributed by atoms with Gasteiger partial charge >= 0.3 is 0 Å². The van der Waals surface area contributed by atoms with E-state index in [0.29, 0.717) is 5.96 Å². The molecular formula is C10H17N5S. The summed E-state index contributed by atoms with van der Waals surface area (Å²) in [6.07, 6.45) is 0. The van der Waals surface area contributed by atoms with Crippen LogP contribution >= 0.6 is 11.3 Å². The molecule has 0 bridgehead atoms. The van der Waals surface area contributed by atoms with Gasteiger partial charge in [0, 0.05) is 18.5 Å². The molecule has 1 aromatic rings. The summed E-state index contributed by atoms with van der Waals surface area (Å²) in [4.78, 5) is 12.9. The van der Waals surface area contributed by atoms with Gasteiger partial charge in [0.15, 0.2) is 5.96 Å². The van der Waals surface area contributed by atoms with Gasteiger partial charge in [-0.15, -0.1) is 11.3 Å². The first-order valence-electron chi connectivity index (χ1n) is 5.28. The molecule has 1 aliphatic rings. The van der Waals surface area contributed by atoms with Crippen molar-refractivity contribution in [1.29, 1.82) is 0 Å². The van der Waals surface area contributed by atoms with Crippen molar-refractivity contribution < 1.29 is 0 Å². The number of aliphatic imine (C=N–C) groups is 1. The van der Waals surface area contributed by atoms with Gasteiger partial charge in [0.2, 0.25) is 0 Å². The predicted molar refractivity (Wildman–Crippen MR) is 66.6 cm³/mol. The normalized spacial score (nSPS) is 20.6. The molecule has 6 heteroatoms. The van der Waals surface area contributed by atoms with Crippen LogP contribution in [0.5, 0.6) is 0 Å². The van der Waals surface area contributed by atoms with E-state index in [9.17, 15) is 0 Å². The number of aromatic nitrogens is 1. The molecule has 0 saturated carbocycles. The molecule has 2 N–H and O–H groups in total. The second kappa shape index (κ2) is 4.80. The summed E-state index contributed by atoms with van der Waals surface area (Å²) in [6.45, 7) is 2.59. The molecule has 2 rings (SSSR count). The minimum atomic E-state index is 0.228. The van der Waals surface area contributed by atoms with Crippen LogP contribution in [0.4, 0.5) is 0 Å². The number of nitrogens with two attached hydrogens (primary N) is 1. The van der Waals surface area contributed by atoms with Crippen molar-refractivity contribution in [3.05, 3.63) is 16.6 Å². The number of thiazole rings is 1. The van der Waals surface area contributed by atoms with Crippen LogP contribution in [0.2, 0.25) is 0 Å². The molecule has 0 aliphatic carbocycles. The van der Waals surface area contributed by atoms with E-state index in [1.54, 1.807) is 11.3 Å². The Morgan fingerprint density at radius 2 is 2.44 bits per heavy atom. The molecule has 0 fully saturated rings. The molecule has 5 nitrogen and oxygen atoms in total. The van der Waals surface area contributed by atoms with Crippen LogP contribution in [0.25, 0.3) is 0 Å². The van der Waals surface area contributed by atoms with E-state index in [0.717, 1.165) is 25.3 Å². The zero-order chi connectivity index (χ0) is 11.5. The zero-order valence-corrected chi connectivity index (χ0v) is 10.4. The summed E-state index contributed by atoms with van der Waals surface area (Å²) in [5.74, 6) is 0.639. The van der Waals surface area contributed by atoms with Crippen LogP contribution in [0.15, 0.2) is 15.9 Å². The number of guanidine groups is 1. The highest BCUT2D eigenvalue weighted by Gasteiger charge is 2.28. The maximum absolute atomic E-state index is 5.89. The Labute approximate surface area is 99.6 Å². The van der Waals surface area contributed by atoms with Gasteiger partial charge in [-0.25, -0.2) is 4.98 Å². The molecule has 0 saturated heterocycles. The zero-order valence-electron chi connectivity index (χ0n) is 9.63. The van der Waals surface area contributed by atoms with Gasteiger partial charge in [-0.05, 0) is 14.1 Å². The van der Waals surface area contributed by atoms with Crippen LogP contribution in [-0.4, -0.2) is 54.5 Å². The van der Waals surface area contributed by atoms with Gasteiger partial charge in [-0.2, -0.15) is 0 Å². The van der Waals surface area contributed by atoms with Crippen molar-refractivity contribution in [3.8, 4) is 0 Å². The topological polar surface area (TPSA) is 57.8 Å². The highest BCUT2D eigenvalue weighted by atomic mass is 32.1. The van der Waals surface area contributed by atoms with E-state index in [1.165, 1.54) is 0 Å². The fourth-order valence-electron chi connectivity index (χ4n) is 1.75. The molecule has 16 heavy (non-hydrogen) atoms. The van der Waals surface area contributed by atoms with E-state index in [1.807, 2.05) is 5.51 Å². The third kappa shape index (κ3) is 2.33. The van der Waals surface area contributed by atoms with Crippen molar-refractivity contribution in [2.45, 2.75) is 6.04 Å². The van der Waals surface area contributed by atoms with Crippen LogP contribution in [0.3, 0.4) is 0 Å². The number of nitrogens with zero attached hydrogens (tertiary/aromatic N) is 4. The standard InChI is InChI=1S/C10H17N5S/c1-14(2)3-4-15-9(5-12-10(15)11)8-6-16-7-13-8/h6-7,9H,3-5H2,1-2H3,(H2,11,12). The Balaban J connectivity index is 2.04. The van der Waals surface area contributed by atoms with Crippen molar-refractivity contribution in [2.75, 3.05) is 33.7 Å². The monoisotopic (exact) mass is 239 g/mol. The lowest BCUT2D eigenvalue weighted by molar-refractivity contribution is 0.290. The first-order chi connectivity index (χ1) is 7.68. The lowest BCUT2D eigenvalue weighted by Crippen LogP contribution is -2.40. The second-order valence-corrected chi connectivity index (χ2v) is 4.84. The van der Waals surface area contributed by atoms with Gasteiger partial charge in [0.25, 0.3) is 0 Å². The highest BCUT2D eigenvalue weighted by molar-refractivity contribution is 7.07. The van der Waals surface area contributed by atoms with E-state index in [2.05, 4.69) is 39.3 Å². The van der Waals surface area contributed by atoms with Gasteiger partial charge in [0.1, 0.15) is 0 Å². The number of likely N-dealkylation sites (N-methyl/N-ethyl adjacent to an activating group) is 1. The van der Waals surface area contributed by atoms with E-state index in [-0.39, 0.29) is 6.04 Å². The van der Waals surface area contributed by atoms with Gasteiger partial charge in [0.05, 0.1) is 23.8 Å². The van der Waals surface area contributed by atoms with Crippen molar-refractivity contribution in [1.82, 2.24) is 14.8 Å². The lowest BCUT2D eigenvalue weighted by Gasteiger charge is -2.26. The maximum atomic E-state index is 5.89. The molecule has 1 aromatic heterocycles. The van der Waals surface area contributed by atoms with Crippen LogP contribution < -0.4 is 5.73 Å². The highest BCUT2D eigenvalue weighted by Crippen LogP contribution is 2.24. The fraction of sp³-hybridized carbons (Fsp3) is 0.600. The molecule has 0 spiro atoms. The Hall–Kier alpha value is -1.14. The fourth-order valence-corrected chi connectivity index (χ4v) is 2.35. The minimum Gasteiger partial charge on any atom is -0.370 e. The summed E-state index contributed by atoms with van der Waals surface area (Å²) in [5, 5.41) is 2.07. The third-order valence-electron chi connectivity index (χ3n) is 2.68. The van der Waals surface area contributed by atoms with Gasteiger partial charge < -0.3 is 15.5 Å². The predicted octanol–water partition coefficient (Wildman–Crippen LogP) is 0.376. The molecular weight excluding hydrogens is 222 g/mol. The molecule has 1 aliphatic heterocycles.